The highest BCUT2D eigenvalue weighted by molar-refractivity contribution is 5.63. The Labute approximate surface area is 85.3 Å². The Morgan fingerprint density at radius 2 is 2.00 bits per heavy atom. The third-order valence-electron chi connectivity index (χ3n) is 3.16. The molecular weight excluding hydrogens is 172 g/mol. The van der Waals surface area contributed by atoms with E-state index in [1.165, 1.54) is 11.3 Å². The van der Waals surface area contributed by atoms with Gasteiger partial charge in [0.1, 0.15) is 6.17 Å². The first-order valence-electron chi connectivity index (χ1n) is 4.87. The van der Waals surface area contributed by atoms with E-state index in [0.29, 0.717) is 0 Å². The number of fused-ring (bicyclic) bond motifs is 1. The Morgan fingerprint density at radius 3 is 2.57 bits per heavy atom. The van der Waals surface area contributed by atoms with Crippen molar-refractivity contribution < 1.29 is 0 Å². The summed E-state index contributed by atoms with van der Waals surface area (Å²) in [5, 5.41) is 0. The lowest BCUT2D eigenvalue weighted by molar-refractivity contribution is 0.442. The van der Waals surface area contributed by atoms with Crippen LogP contribution in [0, 0.1) is 0 Å². The van der Waals surface area contributed by atoms with E-state index < -0.39 is 0 Å². The monoisotopic (exact) mass is 188 g/mol. The van der Waals surface area contributed by atoms with Gasteiger partial charge in [-0.1, -0.05) is 32.0 Å². The van der Waals surface area contributed by atoms with Crippen LogP contribution in [0.1, 0.15) is 19.4 Å². The maximum atomic E-state index is 4.21. The van der Waals surface area contributed by atoms with E-state index in [-0.39, 0.29) is 11.6 Å². The van der Waals surface area contributed by atoms with Crippen molar-refractivity contribution in [3.63, 3.8) is 0 Å². The van der Waals surface area contributed by atoms with Gasteiger partial charge >= 0.3 is 0 Å². The first kappa shape index (κ1) is 9.25. The molecule has 0 N–H and O–H groups in total. The fourth-order valence-corrected chi connectivity index (χ4v) is 2.43. The van der Waals surface area contributed by atoms with E-state index in [0.717, 1.165) is 0 Å². The van der Waals surface area contributed by atoms with Gasteiger partial charge < -0.3 is 4.90 Å². The highest BCUT2D eigenvalue weighted by Gasteiger charge is 2.42. The van der Waals surface area contributed by atoms with Crippen LogP contribution in [0.15, 0.2) is 29.3 Å². The Balaban J connectivity index is 2.60. The van der Waals surface area contributed by atoms with Crippen LogP contribution < -0.4 is 4.90 Å². The third-order valence-corrected chi connectivity index (χ3v) is 3.16. The first-order chi connectivity index (χ1) is 6.59. The van der Waals surface area contributed by atoms with E-state index >= 15 is 0 Å². The lowest BCUT2D eigenvalue weighted by Gasteiger charge is -2.28. The average Bonchev–Trinajstić information content (AvgIpc) is 2.36. The predicted molar refractivity (Wildman–Crippen MR) is 61.2 cm³/mol. The number of aliphatic imine (C=N–C) groups is 1. The second-order valence-corrected chi connectivity index (χ2v) is 4.41. The standard InChI is InChI=1S/C12H16N2/c1-12(2)9-7-5-6-8-10(9)14(4)11(12)13-3/h5-8,11H,3H2,1-2,4H3. The van der Waals surface area contributed by atoms with Gasteiger partial charge in [-0.25, -0.2) is 0 Å². The molecule has 0 radical (unpaired) electrons. The molecule has 14 heavy (non-hydrogen) atoms. The lowest BCUT2D eigenvalue weighted by Crippen LogP contribution is -2.37. The zero-order valence-corrected chi connectivity index (χ0v) is 8.99. The number of rotatable bonds is 1. The van der Waals surface area contributed by atoms with Gasteiger partial charge in [0.15, 0.2) is 0 Å². The fraction of sp³-hybridized carbons (Fsp3) is 0.417. The summed E-state index contributed by atoms with van der Waals surface area (Å²) in [4.78, 5) is 6.41. The molecule has 0 saturated carbocycles. The van der Waals surface area contributed by atoms with Crippen molar-refractivity contribution in [2.24, 2.45) is 4.99 Å². The third kappa shape index (κ3) is 0.999. The second kappa shape index (κ2) is 2.84. The van der Waals surface area contributed by atoms with Gasteiger partial charge in [-0.05, 0) is 18.3 Å². The molecule has 0 fully saturated rings. The van der Waals surface area contributed by atoms with Crippen LogP contribution in [-0.4, -0.2) is 19.9 Å². The molecule has 0 bridgehead atoms. The van der Waals surface area contributed by atoms with Crippen molar-refractivity contribution in [2.75, 3.05) is 11.9 Å². The SMILES string of the molecule is C=NC1N(C)c2ccccc2C1(C)C. The smallest absolute Gasteiger partial charge is 0.129 e. The largest absolute Gasteiger partial charge is 0.352 e. The van der Waals surface area contributed by atoms with Gasteiger partial charge in [0, 0.05) is 18.2 Å². The summed E-state index contributed by atoms with van der Waals surface area (Å²) in [6.07, 6.45) is 0.153. The molecule has 74 valence electrons. The first-order valence-corrected chi connectivity index (χ1v) is 4.87. The number of nitrogens with zero attached hydrogens (tertiary/aromatic N) is 2. The number of hydrogen-bond acceptors (Lipinski definition) is 2. The van der Waals surface area contributed by atoms with E-state index in [1.807, 2.05) is 0 Å². The van der Waals surface area contributed by atoms with E-state index in [2.05, 4.69) is 61.8 Å². The molecule has 0 saturated heterocycles. The summed E-state index contributed by atoms with van der Waals surface area (Å²) in [5.41, 5.74) is 2.70. The Kier molecular flexibility index (Phi) is 1.88. The molecule has 1 aliphatic rings. The van der Waals surface area contributed by atoms with Crippen LogP contribution in [0.4, 0.5) is 5.69 Å². The molecule has 1 aromatic carbocycles. The molecule has 2 nitrogen and oxygen atoms in total. The second-order valence-electron chi connectivity index (χ2n) is 4.41. The van der Waals surface area contributed by atoms with Crippen molar-refractivity contribution in [3.8, 4) is 0 Å². The van der Waals surface area contributed by atoms with Crippen LogP contribution in [0.5, 0.6) is 0 Å². The minimum absolute atomic E-state index is 0.0626. The molecule has 2 heteroatoms. The maximum absolute atomic E-state index is 4.21. The molecule has 1 aromatic rings. The fourth-order valence-electron chi connectivity index (χ4n) is 2.43. The normalized spacial score (nSPS) is 23.4. The van der Waals surface area contributed by atoms with Gasteiger partial charge in [-0.2, -0.15) is 0 Å². The van der Waals surface area contributed by atoms with Crippen LogP contribution in [0.25, 0.3) is 0 Å². The van der Waals surface area contributed by atoms with E-state index in [1.54, 1.807) is 0 Å². The van der Waals surface area contributed by atoms with Gasteiger partial charge in [-0.3, -0.25) is 4.99 Å². The summed E-state index contributed by atoms with van der Waals surface area (Å²) >= 11 is 0. The molecule has 1 heterocycles. The number of anilines is 1. The topological polar surface area (TPSA) is 15.6 Å². The van der Waals surface area contributed by atoms with Crippen molar-refractivity contribution in [3.05, 3.63) is 29.8 Å². The van der Waals surface area contributed by atoms with Crippen LogP contribution in [0.2, 0.25) is 0 Å². The van der Waals surface area contributed by atoms with Gasteiger partial charge in [0.05, 0.1) is 0 Å². The molecule has 0 spiro atoms. The summed E-state index contributed by atoms with van der Waals surface area (Å²) in [6, 6.07) is 8.47. The molecule has 1 aliphatic heterocycles. The molecule has 2 rings (SSSR count). The predicted octanol–water partition coefficient (Wildman–Crippen LogP) is 2.44. The van der Waals surface area contributed by atoms with Gasteiger partial charge in [-0.15, -0.1) is 0 Å². The summed E-state index contributed by atoms with van der Waals surface area (Å²) in [5.74, 6) is 0. The van der Waals surface area contributed by atoms with Crippen LogP contribution in [-0.2, 0) is 5.41 Å². The molecule has 0 aromatic heterocycles. The van der Waals surface area contributed by atoms with Gasteiger partial charge in [0.25, 0.3) is 0 Å². The molecule has 1 atom stereocenters. The van der Waals surface area contributed by atoms with Crippen molar-refractivity contribution in [1.29, 1.82) is 0 Å². The maximum Gasteiger partial charge on any atom is 0.129 e. The van der Waals surface area contributed by atoms with Crippen molar-refractivity contribution in [2.45, 2.75) is 25.4 Å². The van der Waals surface area contributed by atoms with Gasteiger partial charge in [0.2, 0.25) is 0 Å². The number of hydrogen-bond donors (Lipinski definition) is 0. The molecular formula is C12H16N2. The lowest BCUT2D eigenvalue weighted by atomic mass is 9.84. The highest BCUT2D eigenvalue weighted by atomic mass is 15.3. The molecule has 1 unspecified atom stereocenters. The number of likely N-dealkylation sites (N-methyl/N-ethyl adjacent to an activating group) is 1. The quantitative estimate of drug-likeness (QED) is 0.618. The number of benzene rings is 1. The zero-order valence-electron chi connectivity index (χ0n) is 8.99. The Bertz CT molecular complexity index is 368. The minimum atomic E-state index is 0.0626. The zero-order chi connectivity index (χ0) is 10.3. The van der Waals surface area contributed by atoms with E-state index in [4.69, 9.17) is 0 Å². The minimum Gasteiger partial charge on any atom is -0.352 e. The number of para-hydroxylation sites is 1. The summed E-state index contributed by atoms with van der Waals surface area (Å²) in [7, 11) is 2.08. The Hall–Kier alpha value is -1.31. The highest BCUT2D eigenvalue weighted by Crippen LogP contribution is 2.44. The summed E-state index contributed by atoms with van der Waals surface area (Å²) < 4.78 is 0. The Morgan fingerprint density at radius 1 is 1.36 bits per heavy atom. The van der Waals surface area contributed by atoms with E-state index in [9.17, 15) is 0 Å². The average molecular weight is 188 g/mol. The molecule has 0 amide bonds. The van der Waals surface area contributed by atoms with Crippen LogP contribution >= 0.6 is 0 Å². The van der Waals surface area contributed by atoms with Crippen molar-refractivity contribution in [1.82, 2.24) is 0 Å². The van der Waals surface area contributed by atoms with Crippen molar-refractivity contribution >= 4 is 12.4 Å². The molecule has 0 aliphatic carbocycles. The van der Waals surface area contributed by atoms with Crippen LogP contribution in [0.3, 0.4) is 0 Å². The summed E-state index contributed by atoms with van der Waals surface area (Å²) in [6.45, 7) is 8.11.